The molecule has 6 heteroatoms. The first-order valence-corrected chi connectivity index (χ1v) is 6.50. The minimum Gasteiger partial charge on any atom is -0.478 e. The molecular formula is C16H9NO5. The predicted octanol–water partition coefficient (Wildman–Crippen LogP) is 3.46. The van der Waals surface area contributed by atoms with Crippen LogP contribution in [0.3, 0.4) is 0 Å². The molecule has 0 aliphatic carbocycles. The van der Waals surface area contributed by atoms with Gasteiger partial charge in [-0.15, -0.1) is 0 Å². The zero-order chi connectivity index (χ0) is 15.4. The second-order valence-electron chi connectivity index (χ2n) is 4.98. The molecule has 0 saturated heterocycles. The summed E-state index contributed by atoms with van der Waals surface area (Å²) in [6, 6.07) is 10.2. The minimum atomic E-state index is -1.24. The number of hydrogen-bond acceptors (Lipinski definition) is 3. The molecule has 2 aromatic heterocycles. The highest BCUT2D eigenvalue weighted by Gasteiger charge is 2.21. The van der Waals surface area contributed by atoms with Crippen LogP contribution in [0.1, 0.15) is 20.9 Å². The molecule has 0 spiro atoms. The van der Waals surface area contributed by atoms with E-state index in [0.717, 1.165) is 10.9 Å². The molecule has 2 heterocycles. The number of fused-ring (bicyclic) bond motifs is 5. The van der Waals surface area contributed by atoms with Gasteiger partial charge in [0.05, 0.1) is 16.5 Å². The molecule has 3 N–H and O–H groups in total. The topological polar surface area (TPSA) is 104 Å². The fraction of sp³-hybridized carbons (Fsp3) is 0. The van der Waals surface area contributed by atoms with Crippen LogP contribution in [0.2, 0.25) is 0 Å². The Hall–Kier alpha value is -3.28. The summed E-state index contributed by atoms with van der Waals surface area (Å²) in [5, 5.41) is 20.3. The van der Waals surface area contributed by atoms with Gasteiger partial charge in [0.2, 0.25) is 5.76 Å². The Morgan fingerprint density at radius 1 is 0.955 bits per heavy atom. The summed E-state index contributed by atoms with van der Waals surface area (Å²) in [7, 11) is 0. The summed E-state index contributed by atoms with van der Waals surface area (Å²) in [5.74, 6) is -2.65. The van der Waals surface area contributed by atoms with E-state index in [2.05, 4.69) is 4.98 Å². The predicted molar refractivity (Wildman–Crippen MR) is 79.5 cm³/mol. The third-order valence-corrected chi connectivity index (χ3v) is 3.71. The Balaban J connectivity index is 2.28. The number of carbonyl (C=O) groups is 2. The molecule has 0 aliphatic heterocycles. The van der Waals surface area contributed by atoms with Gasteiger partial charge < -0.3 is 19.6 Å². The molecule has 4 aromatic rings. The second kappa shape index (κ2) is 4.11. The Labute approximate surface area is 122 Å². The maximum Gasteiger partial charge on any atom is 0.371 e. The van der Waals surface area contributed by atoms with Gasteiger partial charge in [0.15, 0.2) is 0 Å². The van der Waals surface area contributed by atoms with E-state index in [-0.39, 0.29) is 22.3 Å². The fourth-order valence-electron chi connectivity index (χ4n) is 2.80. The largest absolute Gasteiger partial charge is 0.478 e. The van der Waals surface area contributed by atoms with Gasteiger partial charge in [-0.3, -0.25) is 0 Å². The summed E-state index contributed by atoms with van der Waals surface area (Å²) in [6.07, 6.45) is 0. The first kappa shape index (κ1) is 12.5. The summed E-state index contributed by atoms with van der Waals surface area (Å²) >= 11 is 0. The van der Waals surface area contributed by atoms with E-state index in [1.54, 1.807) is 0 Å². The normalized spacial score (nSPS) is 11.5. The van der Waals surface area contributed by atoms with E-state index in [0.29, 0.717) is 10.9 Å². The SMILES string of the molecule is O=C(O)c1cc2c(C(=O)O)cc3[nH]c4ccccc4c3c2o1. The third-order valence-electron chi connectivity index (χ3n) is 3.71. The number of H-pyrrole nitrogens is 1. The summed E-state index contributed by atoms with van der Waals surface area (Å²) < 4.78 is 5.42. The molecule has 0 unspecified atom stereocenters. The van der Waals surface area contributed by atoms with Crippen molar-refractivity contribution in [1.82, 2.24) is 4.98 Å². The quantitative estimate of drug-likeness (QED) is 0.525. The zero-order valence-corrected chi connectivity index (χ0v) is 11.1. The van der Waals surface area contributed by atoms with Crippen molar-refractivity contribution in [2.24, 2.45) is 0 Å². The monoisotopic (exact) mass is 295 g/mol. The van der Waals surface area contributed by atoms with Gasteiger partial charge in [-0.2, -0.15) is 0 Å². The molecular weight excluding hydrogens is 286 g/mol. The number of aromatic carboxylic acids is 2. The first-order valence-electron chi connectivity index (χ1n) is 6.50. The van der Waals surface area contributed by atoms with Crippen LogP contribution < -0.4 is 0 Å². The average Bonchev–Trinajstić information content (AvgIpc) is 3.06. The van der Waals surface area contributed by atoms with Crippen LogP contribution in [0, 0.1) is 0 Å². The van der Waals surface area contributed by atoms with Gasteiger partial charge in [0.25, 0.3) is 0 Å². The van der Waals surface area contributed by atoms with Crippen LogP contribution in [-0.4, -0.2) is 27.1 Å². The Morgan fingerprint density at radius 3 is 2.45 bits per heavy atom. The molecule has 0 bridgehead atoms. The van der Waals surface area contributed by atoms with Crippen molar-refractivity contribution in [2.75, 3.05) is 0 Å². The molecule has 0 fully saturated rings. The van der Waals surface area contributed by atoms with E-state index in [9.17, 15) is 14.7 Å². The number of carboxylic acid groups (broad SMARTS) is 2. The zero-order valence-electron chi connectivity index (χ0n) is 11.1. The molecule has 2 aromatic carbocycles. The lowest BCUT2D eigenvalue weighted by atomic mass is 10.1. The van der Waals surface area contributed by atoms with Crippen LogP contribution in [0.5, 0.6) is 0 Å². The fourth-order valence-corrected chi connectivity index (χ4v) is 2.80. The van der Waals surface area contributed by atoms with E-state index in [4.69, 9.17) is 9.52 Å². The lowest BCUT2D eigenvalue weighted by molar-refractivity contribution is 0.0662. The molecule has 6 nitrogen and oxygen atoms in total. The van der Waals surface area contributed by atoms with Crippen molar-refractivity contribution in [1.29, 1.82) is 0 Å². The highest BCUT2D eigenvalue weighted by molar-refractivity contribution is 6.22. The van der Waals surface area contributed by atoms with Crippen LogP contribution >= 0.6 is 0 Å². The lowest BCUT2D eigenvalue weighted by Crippen LogP contribution is -1.96. The van der Waals surface area contributed by atoms with Crippen LogP contribution in [0.25, 0.3) is 32.8 Å². The second-order valence-corrected chi connectivity index (χ2v) is 4.98. The molecule has 0 amide bonds. The highest BCUT2D eigenvalue weighted by Crippen LogP contribution is 2.36. The maximum absolute atomic E-state index is 11.4. The maximum atomic E-state index is 11.4. The number of benzene rings is 2. The average molecular weight is 295 g/mol. The van der Waals surface area contributed by atoms with Gasteiger partial charge in [0.1, 0.15) is 5.58 Å². The van der Waals surface area contributed by atoms with E-state index >= 15 is 0 Å². The third kappa shape index (κ3) is 1.54. The molecule has 108 valence electrons. The van der Waals surface area contributed by atoms with E-state index < -0.39 is 11.9 Å². The number of rotatable bonds is 2. The molecule has 0 saturated carbocycles. The molecule has 4 rings (SSSR count). The standard InChI is InChI=1S/C16H9NO5/c18-15(19)9-5-11-13(7-3-1-2-4-10(7)17-11)14-8(9)6-12(22-14)16(20)21/h1-6,17H,(H,18,19)(H,20,21). The number of furan rings is 1. The smallest absolute Gasteiger partial charge is 0.371 e. The molecule has 0 radical (unpaired) electrons. The number of para-hydroxylation sites is 1. The first-order chi connectivity index (χ1) is 10.6. The number of carboxylic acids is 2. The van der Waals surface area contributed by atoms with Crippen molar-refractivity contribution in [2.45, 2.75) is 0 Å². The van der Waals surface area contributed by atoms with E-state index in [1.165, 1.54) is 12.1 Å². The summed E-state index contributed by atoms with van der Waals surface area (Å²) in [5.41, 5.74) is 1.70. The molecule has 0 aliphatic rings. The van der Waals surface area contributed by atoms with Gasteiger partial charge in [-0.05, 0) is 12.1 Å². The van der Waals surface area contributed by atoms with Gasteiger partial charge in [-0.1, -0.05) is 18.2 Å². The summed E-state index contributed by atoms with van der Waals surface area (Å²) in [4.78, 5) is 25.7. The van der Waals surface area contributed by atoms with Crippen molar-refractivity contribution in [3.63, 3.8) is 0 Å². The Kier molecular flexibility index (Phi) is 2.33. The number of aromatic nitrogens is 1. The van der Waals surface area contributed by atoms with Gasteiger partial charge in [-0.25, -0.2) is 9.59 Å². The molecule has 22 heavy (non-hydrogen) atoms. The van der Waals surface area contributed by atoms with Crippen molar-refractivity contribution < 1.29 is 24.2 Å². The minimum absolute atomic E-state index is 0.00491. The van der Waals surface area contributed by atoms with Gasteiger partial charge in [0, 0.05) is 22.4 Å². The molecule has 0 atom stereocenters. The Bertz CT molecular complexity index is 1090. The Morgan fingerprint density at radius 2 is 1.73 bits per heavy atom. The number of nitrogens with one attached hydrogen (secondary N) is 1. The van der Waals surface area contributed by atoms with Crippen molar-refractivity contribution in [3.05, 3.63) is 47.7 Å². The van der Waals surface area contributed by atoms with Crippen LogP contribution in [0.4, 0.5) is 0 Å². The number of aromatic amines is 1. The number of hydrogen-bond donors (Lipinski definition) is 3. The van der Waals surface area contributed by atoms with E-state index in [1.807, 2.05) is 24.3 Å². The van der Waals surface area contributed by atoms with Crippen molar-refractivity contribution in [3.8, 4) is 0 Å². The van der Waals surface area contributed by atoms with Crippen LogP contribution in [-0.2, 0) is 0 Å². The highest BCUT2D eigenvalue weighted by atomic mass is 16.4. The van der Waals surface area contributed by atoms with Gasteiger partial charge >= 0.3 is 11.9 Å². The van der Waals surface area contributed by atoms with Crippen molar-refractivity contribution >= 4 is 44.7 Å². The van der Waals surface area contributed by atoms with Crippen LogP contribution in [0.15, 0.2) is 40.8 Å². The lowest BCUT2D eigenvalue weighted by Gasteiger charge is -1.98. The summed E-state index contributed by atoms with van der Waals surface area (Å²) in [6.45, 7) is 0.